The molecule has 0 unspecified atom stereocenters. The van der Waals surface area contributed by atoms with Crippen molar-refractivity contribution in [3.63, 3.8) is 0 Å². The Bertz CT molecular complexity index is 774. The van der Waals surface area contributed by atoms with Crippen molar-refractivity contribution in [1.82, 2.24) is 15.2 Å². The van der Waals surface area contributed by atoms with Crippen molar-refractivity contribution in [2.24, 2.45) is 0 Å². The molecule has 0 radical (unpaired) electrons. The fraction of sp³-hybridized carbons (Fsp3) is 0.350. The molecule has 1 aromatic carbocycles. The van der Waals surface area contributed by atoms with Gasteiger partial charge in [-0.3, -0.25) is 4.79 Å². The number of benzene rings is 1. The summed E-state index contributed by atoms with van der Waals surface area (Å²) in [6, 6.07) is 13.1. The van der Waals surface area contributed by atoms with E-state index in [4.69, 9.17) is 4.74 Å². The minimum absolute atomic E-state index is 0.0434. The zero-order valence-corrected chi connectivity index (χ0v) is 15.4. The van der Waals surface area contributed by atoms with Crippen molar-refractivity contribution in [2.45, 2.75) is 25.8 Å². The van der Waals surface area contributed by atoms with Crippen LogP contribution in [-0.4, -0.2) is 47.6 Å². The van der Waals surface area contributed by atoms with Crippen molar-refractivity contribution in [3.8, 4) is 0 Å². The number of rotatable bonds is 5. The fourth-order valence-corrected chi connectivity index (χ4v) is 3.00. The maximum Gasteiger partial charge on any atom is 0.409 e. The van der Waals surface area contributed by atoms with Gasteiger partial charge in [0.1, 0.15) is 5.82 Å². The van der Waals surface area contributed by atoms with E-state index in [1.807, 2.05) is 30.3 Å². The zero-order valence-electron chi connectivity index (χ0n) is 15.4. The first kappa shape index (κ1) is 18.7. The van der Waals surface area contributed by atoms with Gasteiger partial charge in [-0.25, -0.2) is 9.78 Å². The highest BCUT2D eigenvalue weighted by Crippen LogP contribution is 2.16. The Balaban J connectivity index is 1.54. The molecule has 2 aromatic rings. The van der Waals surface area contributed by atoms with Crippen molar-refractivity contribution in [3.05, 3.63) is 54.2 Å². The molecule has 1 saturated heterocycles. The molecule has 0 spiro atoms. The van der Waals surface area contributed by atoms with E-state index in [-0.39, 0.29) is 18.0 Å². The predicted octanol–water partition coefficient (Wildman–Crippen LogP) is 3.18. The van der Waals surface area contributed by atoms with Crippen LogP contribution < -0.4 is 10.6 Å². The summed E-state index contributed by atoms with van der Waals surface area (Å²) >= 11 is 0. The lowest BCUT2D eigenvalue weighted by Gasteiger charge is -2.31. The van der Waals surface area contributed by atoms with Gasteiger partial charge in [-0.15, -0.1) is 0 Å². The van der Waals surface area contributed by atoms with Crippen molar-refractivity contribution < 1.29 is 14.3 Å². The molecule has 0 atom stereocenters. The highest BCUT2D eigenvalue weighted by molar-refractivity contribution is 5.95. The Morgan fingerprint density at radius 2 is 1.93 bits per heavy atom. The molecule has 0 aliphatic carbocycles. The minimum Gasteiger partial charge on any atom is -0.450 e. The maximum atomic E-state index is 12.6. The number of amides is 2. The SMILES string of the molecule is CCOC(=O)N1CCC(NC(=O)c2ccnc(Nc3ccccc3)c2)CC1. The Hall–Kier alpha value is -3.09. The molecular formula is C20H24N4O3. The lowest BCUT2D eigenvalue weighted by atomic mass is 10.0. The van der Waals surface area contributed by atoms with E-state index in [0.29, 0.717) is 43.9 Å². The van der Waals surface area contributed by atoms with E-state index in [1.54, 1.807) is 30.2 Å². The lowest BCUT2D eigenvalue weighted by Crippen LogP contribution is -2.46. The summed E-state index contributed by atoms with van der Waals surface area (Å²) in [5.41, 5.74) is 1.46. The maximum absolute atomic E-state index is 12.6. The average molecular weight is 368 g/mol. The molecule has 0 saturated carbocycles. The van der Waals surface area contributed by atoms with Gasteiger partial charge >= 0.3 is 6.09 Å². The van der Waals surface area contributed by atoms with Crippen LogP contribution in [-0.2, 0) is 4.74 Å². The second-order valence-corrected chi connectivity index (χ2v) is 6.35. The lowest BCUT2D eigenvalue weighted by molar-refractivity contribution is 0.0860. The highest BCUT2D eigenvalue weighted by atomic mass is 16.6. The van der Waals surface area contributed by atoms with E-state index < -0.39 is 0 Å². The summed E-state index contributed by atoms with van der Waals surface area (Å²) in [6.07, 6.45) is 2.76. The first-order valence-electron chi connectivity index (χ1n) is 9.16. The van der Waals surface area contributed by atoms with Crippen LogP contribution in [0.2, 0.25) is 0 Å². The van der Waals surface area contributed by atoms with E-state index in [0.717, 1.165) is 5.69 Å². The van der Waals surface area contributed by atoms with Crippen LogP contribution in [0.15, 0.2) is 48.7 Å². The first-order valence-corrected chi connectivity index (χ1v) is 9.16. The Morgan fingerprint density at radius 3 is 2.63 bits per heavy atom. The van der Waals surface area contributed by atoms with Gasteiger partial charge < -0.3 is 20.3 Å². The van der Waals surface area contributed by atoms with Gasteiger partial charge in [0.15, 0.2) is 0 Å². The van der Waals surface area contributed by atoms with E-state index >= 15 is 0 Å². The number of nitrogens with zero attached hydrogens (tertiary/aromatic N) is 2. The molecule has 1 aromatic heterocycles. The number of carbonyl (C=O) groups is 2. The quantitative estimate of drug-likeness (QED) is 0.847. The van der Waals surface area contributed by atoms with Gasteiger partial charge in [0.2, 0.25) is 0 Å². The summed E-state index contributed by atoms with van der Waals surface area (Å²) in [7, 11) is 0. The van der Waals surface area contributed by atoms with Gasteiger partial charge in [0.05, 0.1) is 6.61 Å². The number of pyridine rings is 1. The molecule has 7 nitrogen and oxygen atoms in total. The number of anilines is 2. The third-order valence-corrected chi connectivity index (χ3v) is 4.42. The van der Waals surface area contributed by atoms with Crippen molar-refractivity contribution in [2.75, 3.05) is 25.0 Å². The normalized spacial score (nSPS) is 14.5. The molecule has 1 fully saturated rings. The monoisotopic (exact) mass is 368 g/mol. The molecule has 1 aliphatic rings. The Morgan fingerprint density at radius 1 is 1.19 bits per heavy atom. The topological polar surface area (TPSA) is 83.6 Å². The van der Waals surface area contributed by atoms with Crippen LogP contribution in [0.4, 0.5) is 16.3 Å². The molecule has 7 heteroatoms. The summed E-state index contributed by atoms with van der Waals surface area (Å²) in [6.45, 7) is 3.33. The third kappa shape index (κ3) is 5.20. The third-order valence-electron chi connectivity index (χ3n) is 4.42. The van der Waals surface area contributed by atoms with Gasteiger partial charge in [-0.1, -0.05) is 18.2 Å². The van der Waals surface area contributed by atoms with Gasteiger partial charge in [0, 0.05) is 36.6 Å². The molecule has 27 heavy (non-hydrogen) atoms. The number of ether oxygens (including phenoxy) is 1. The molecule has 3 rings (SSSR count). The number of piperidine rings is 1. The molecule has 2 N–H and O–H groups in total. The molecule has 2 amide bonds. The number of para-hydroxylation sites is 1. The van der Waals surface area contributed by atoms with Gasteiger partial charge in [-0.2, -0.15) is 0 Å². The average Bonchev–Trinajstić information content (AvgIpc) is 2.70. The second kappa shape index (κ2) is 9.02. The number of aromatic nitrogens is 1. The Labute approximate surface area is 158 Å². The zero-order chi connectivity index (χ0) is 19.1. The highest BCUT2D eigenvalue weighted by Gasteiger charge is 2.24. The molecular weight excluding hydrogens is 344 g/mol. The number of likely N-dealkylation sites (tertiary alicyclic amines) is 1. The number of hydrogen-bond donors (Lipinski definition) is 2. The van der Waals surface area contributed by atoms with Crippen molar-refractivity contribution in [1.29, 1.82) is 0 Å². The number of carbonyl (C=O) groups excluding carboxylic acids is 2. The number of nitrogens with one attached hydrogen (secondary N) is 2. The van der Waals surface area contributed by atoms with Crippen LogP contribution in [0, 0.1) is 0 Å². The van der Waals surface area contributed by atoms with Crippen LogP contribution in [0.3, 0.4) is 0 Å². The van der Waals surface area contributed by atoms with E-state index in [2.05, 4.69) is 15.6 Å². The smallest absolute Gasteiger partial charge is 0.409 e. The predicted molar refractivity (Wildman–Crippen MR) is 103 cm³/mol. The summed E-state index contributed by atoms with van der Waals surface area (Å²) in [4.78, 5) is 30.2. The van der Waals surface area contributed by atoms with Crippen LogP contribution in [0.1, 0.15) is 30.1 Å². The fourth-order valence-electron chi connectivity index (χ4n) is 3.00. The standard InChI is InChI=1S/C20H24N4O3/c1-2-27-20(26)24-12-9-17(10-13-24)23-19(25)15-8-11-21-18(14-15)22-16-6-4-3-5-7-16/h3-8,11,14,17H,2,9-10,12-13H2,1H3,(H,21,22)(H,23,25). The summed E-state index contributed by atoms with van der Waals surface area (Å²) in [5.74, 6) is 0.481. The van der Waals surface area contributed by atoms with Crippen molar-refractivity contribution >= 4 is 23.5 Å². The molecule has 142 valence electrons. The minimum atomic E-state index is -0.284. The van der Waals surface area contributed by atoms with Crippen LogP contribution in [0.25, 0.3) is 0 Å². The summed E-state index contributed by atoms with van der Waals surface area (Å²) < 4.78 is 5.01. The van der Waals surface area contributed by atoms with E-state index in [9.17, 15) is 9.59 Å². The Kier molecular flexibility index (Phi) is 6.25. The van der Waals surface area contributed by atoms with E-state index in [1.165, 1.54) is 0 Å². The second-order valence-electron chi connectivity index (χ2n) is 6.35. The van der Waals surface area contributed by atoms with Gasteiger partial charge in [0.25, 0.3) is 5.91 Å². The number of hydrogen-bond acceptors (Lipinski definition) is 5. The molecule has 1 aliphatic heterocycles. The first-order chi connectivity index (χ1) is 13.2. The molecule has 2 heterocycles. The van der Waals surface area contributed by atoms with Crippen LogP contribution in [0.5, 0.6) is 0 Å². The van der Waals surface area contributed by atoms with Crippen LogP contribution >= 0.6 is 0 Å². The molecule has 0 bridgehead atoms. The summed E-state index contributed by atoms with van der Waals surface area (Å²) in [5, 5.41) is 6.23. The largest absolute Gasteiger partial charge is 0.450 e. The van der Waals surface area contributed by atoms with Gasteiger partial charge in [-0.05, 0) is 44.0 Å².